The summed E-state index contributed by atoms with van der Waals surface area (Å²) in [5.74, 6) is -0.156. The summed E-state index contributed by atoms with van der Waals surface area (Å²) in [4.78, 5) is 29.7. The Morgan fingerprint density at radius 1 is 0.745 bits per heavy atom. The average Bonchev–Trinajstić information content (AvgIpc) is 3.12. The quantitative estimate of drug-likeness (QED) is 0.0855. The minimum Gasteiger partial charge on any atom is -0.462 e. The van der Waals surface area contributed by atoms with Gasteiger partial charge in [0.25, 0.3) is 0 Å². The molecule has 2 aliphatic rings. The molecule has 4 aromatic carbocycles. The Morgan fingerprint density at radius 3 is 2.12 bits per heavy atom. The van der Waals surface area contributed by atoms with Crippen LogP contribution in [0.1, 0.15) is 59.8 Å². The summed E-state index contributed by atoms with van der Waals surface area (Å²) in [6, 6.07) is 32.0. The summed E-state index contributed by atoms with van der Waals surface area (Å²) in [7, 11) is 0. The summed E-state index contributed by atoms with van der Waals surface area (Å²) in [5, 5.41) is 5.32. The number of benzene rings is 5. The van der Waals surface area contributed by atoms with Gasteiger partial charge in [-0.15, -0.1) is 0 Å². The van der Waals surface area contributed by atoms with Gasteiger partial charge in [-0.1, -0.05) is 61.5 Å². The number of anilines is 2. The second kappa shape index (κ2) is 14.7. The van der Waals surface area contributed by atoms with E-state index in [2.05, 4.69) is 74.4 Å². The van der Waals surface area contributed by atoms with Crippen molar-refractivity contribution in [2.24, 2.45) is 5.41 Å². The highest BCUT2D eigenvalue weighted by Gasteiger charge is 2.27. The molecule has 0 atom stereocenters. The Morgan fingerprint density at radius 2 is 1.41 bits per heavy atom. The smallest absolute Gasteiger partial charge is 0.338 e. The van der Waals surface area contributed by atoms with Crippen LogP contribution in [0.4, 0.5) is 17.1 Å². The fourth-order valence-corrected chi connectivity index (χ4v) is 6.21. The molecule has 0 spiro atoms. The van der Waals surface area contributed by atoms with Crippen molar-refractivity contribution in [1.29, 1.82) is 0 Å². The van der Waals surface area contributed by atoms with Gasteiger partial charge in [0, 0.05) is 51.1 Å². The highest BCUT2D eigenvalue weighted by atomic mass is 16.6. The van der Waals surface area contributed by atoms with E-state index in [1.165, 1.54) is 0 Å². The van der Waals surface area contributed by atoms with Crippen molar-refractivity contribution in [3.8, 4) is 22.5 Å². The third kappa shape index (κ3) is 7.43. The maximum atomic E-state index is 13.6. The molecule has 7 nitrogen and oxygen atoms in total. The zero-order chi connectivity index (χ0) is 36.3. The van der Waals surface area contributed by atoms with Gasteiger partial charge < -0.3 is 19.2 Å². The Balaban J connectivity index is 1.45. The third-order valence-corrected chi connectivity index (χ3v) is 9.63. The zero-order valence-corrected chi connectivity index (χ0v) is 30.4. The van der Waals surface area contributed by atoms with E-state index in [0.717, 1.165) is 61.2 Å². The highest BCUT2D eigenvalue weighted by Crippen LogP contribution is 2.42. The number of nitrogens with one attached hydrogen (secondary N) is 2. The first-order valence-corrected chi connectivity index (χ1v) is 17.4. The minimum atomic E-state index is -0.598. The van der Waals surface area contributed by atoms with Crippen LogP contribution in [0.15, 0.2) is 101 Å². The first kappa shape index (κ1) is 35.1. The zero-order valence-electron chi connectivity index (χ0n) is 30.4. The van der Waals surface area contributed by atoms with Crippen LogP contribution in [0.2, 0.25) is 0 Å². The lowest BCUT2D eigenvalue weighted by atomic mass is 9.90. The van der Waals surface area contributed by atoms with E-state index in [1.807, 2.05) is 75.4 Å². The number of esters is 2. The molecule has 0 fully saturated rings. The Hall–Kier alpha value is -5.69. The predicted octanol–water partition coefficient (Wildman–Crippen LogP) is 8.63. The molecule has 0 amide bonds. The molecule has 0 unspecified atom stereocenters. The number of rotatable bonds is 10. The van der Waals surface area contributed by atoms with Crippen molar-refractivity contribution in [1.82, 2.24) is 0 Å². The molecule has 1 aliphatic heterocycles. The van der Waals surface area contributed by atoms with Crippen molar-refractivity contribution in [2.75, 3.05) is 18.5 Å². The van der Waals surface area contributed by atoms with Gasteiger partial charge in [0.1, 0.15) is 24.6 Å². The van der Waals surface area contributed by atoms with Crippen LogP contribution in [-0.2, 0) is 14.3 Å². The summed E-state index contributed by atoms with van der Waals surface area (Å²) in [6.07, 6.45) is 0.649. The summed E-state index contributed by atoms with van der Waals surface area (Å²) in [6.45, 7) is 13.9. The number of hydrogen-bond donors (Lipinski definition) is 2. The van der Waals surface area contributed by atoms with E-state index >= 15 is 0 Å². The summed E-state index contributed by atoms with van der Waals surface area (Å²) < 4.78 is 17.8. The maximum absolute atomic E-state index is 13.6. The first-order chi connectivity index (χ1) is 24.5. The van der Waals surface area contributed by atoms with Gasteiger partial charge in [0.2, 0.25) is 11.0 Å². The van der Waals surface area contributed by atoms with Crippen LogP contribution in [0.25, 0.3) is 33.4 Å². The van der Waals surface area contributed by atoms with Gasteiger partial charge in [0.05, 0.1) is 17.0 Å². The third-order valence-electron chi connectivity index (χ3n) is 9.63. The molecule has 1 aliphatic carbocycles. The van der Waals surface area contributed by atoms with Crippen molar-refractivity contribution in [3.63, 3.8) is 0 Å². The van der Waals surface area contributed by atoms with Crippen molar-refractivity contribution < 1.29 is 28.5 Å². The number of aryl methyl sites for hydroxylation is 4. The number of carbonyl (C=O) groups excluding carboxylic acids is 2. The normalized spacial score (nSPS) is 11.9. The van der Waals surface area contributed by atoms with Crippen LogP contribution in [-0.4, -0.2) is 25.2 Å². The van der Waals surface area contributed by atoms with Crippen LogP contribution >= 0.6 is 0 Å². The van der Waals surface area contributed by atoms with Crippen LogP contribution in [0, 0.1) is 33.1 Å². The van der Waals surface area contributed by atoms with Crippen molar-refractivity contribution in [2.45, 2.75) is 54.9 Å². The molecule has 7 heteroatoms. The highest BCUT2D eigenvalue weighted by molar-refractivity contribution is 6.08. The SMILES string of the molecule is CCC(C)(C)C(=O)OCCOC(=O)c1ccccc1-c1c2ccc(=[NH+]c3c(C)cccc3C)cc-2oc2cc(Nc3c(C)cccc3C)ccc12. The van der Waals surface area contributed by atoms with Gasteiger partial charge in [-0.05, 0) is 88.9 Å². The second-order valence-electron chi connectivity index (χ2n) is 13.7. The molecule has 51 heavy (non-hydrogen) atoms. The van der Waals surface area contributed by atoms with Gasteiger partial charge in [0.15, 0.2) is 0 Å². The predicted molar refractivity (Wildman–Crippen MR) is 202 cm³/mol. The molecule has 260 valence electrons. The summed E-state index contributed by atoms with van der Waals surface area (Å²) in [5.41, 5.74) is 10.4. The molecule has 0 bridgehead atoms. The number of ether oxygens (including phenoxy) is 2. The topological polar surface area (TPSA) is 91.7 Å². The Bertz CT molecular complexity index is 2260. The van der Waals surface area contributed by atoms with Crippen LogP contribution in [0.5, 0.6) is 0 Å². The lowest BCUT2D eigenvalue weighted by Crippen LogP contribution is -2.71. The monoisotopic (exact) mass is 681 g/mol. The molecular weight excluding hydrogens is 636 g/mol. The molecule has 0 aromatic heterocycles. The van der Waals surface area contributed by atoms with E-state index in [1.54, 1.807) is 6.07 Å². The van der Waals surface area contributed by atoms with E-state index < -0.39 is 11.4 Å². The van der Waals surface area contributed by atoms with E-state index in [4.69, 9.17) is 13.9 Å². The Kier molecular flexibility index (Phi) is 10.1. The standard InChI is InChI=1S/C44H44N2O5/c1-8-44(6,7)43(48)50-24-23-49-42(47)34-18-10-9-17-33(34)39-35-21-19-31(45-40-27(2)13-11-14-28(40)3)25-37(35)51-38-26-32(20-22-36(38)39)46-41-29(4)15-12-16-30(41)5/h9-22,25-26,45H,8,23-24H2,1-7H3/p+1. The molecule has 0 saturated heterocycles. The Labute approximate surface area is 299 Å². The minimum absolute atomic E-state index is 0.0153. The van der Waals surface area contributed by atoms with E-state index in [-0.39, 0.29) is 19.2 Å². The fourth-order valence-electron chi connectivity index (χ4n) is 6.21. The van der Waals surface area contributed by atoms with Crippen molar-refractivity contribution in [3.05, 3.63) is 130 Å². The van der Waals surface area contributed by atoms with E-state index in [9.17, 15) is 9.59 Å². The molecule has 1 heterocycles. The molecule has 0 saturated carbocycles. The molecule has 6 rings (SSSR count). The number of fused-ring (bicyclic) bond motifs is 2. The number of para-hydroxylation sites is 2. The first-order valence-electron chi connectivity index (χ1n) is 17.4. The van der Waals surface area contributed by atoms with Crippen molar-refractivity contribution >= 4 is 40.0 Å². The number of carbonyl (C=O) groups is 2. The van der Waals surface area contributed by atoms with Gasteiger partial charge in [-0.3, -0.25) is 4.79 Å². The largest absolute Gasteiger partial charge is 0.462 e. The fraction of sp³-hybridized carbons (Fsp3) is 0.250. The van der Waals surface area contributed by atoms with Gasteiger partial charge in [-0.2, -0.15) is 0 Å². The van der Waals surface area contributed by atoms with Crippen LogP contribution in [0.3, 0.4) is 0 Å². The molecule has 0 radical (unpaired) electrons. The number of hydrogen-bond acceptors (Lipinski definition) is 6. The summed E-state index contributed by atoms with van der Waals surface area (Å²) >= 11 is 0. The molecule has 4 aromatic rings. The molecular formula is C44H45N2O5+. The van der Waals surface area contributed by atoms with Gasteiger partial charge >= 0.3 is 11.9 Å². The van der Waals surface area contributed by atoms with Gasteiger partial charge in [-0.25, -0.2) is 9.79 Å². The molecule has 2 N–H and O–H groups in total. The average molecular weight is 682 g/mol. The second-order valence-corrected chi connectivity index (χ2v) is 13.7. The van der Waals surface area contributed by atoms with Crippen LogP contribution < -0.4 is 15.7 Å². The lowest BCUT2D eigenvalue weighted by molar-refractivity contribution is -0.403. The lowest BCUT2D eigenvalue weighted by Gasteiger charge is -2.20. The maximum Gasteiger partial charge on any atom is 0.338 e. The van der Waals surface area contributed by atoms with E-state index in [0.29, 0.717) is 28.9 Å².